The molecule has 0 radical (unpaired) electrons. The number of carboxylic acids is 1. The number of benzene rings is 1. The summed E-state index contributed by atoms with van der Waals surface area (Å²) in [4.78, 5) is 27.0. The molecule has 1 fully saturated rings. The number of thiazole rings is 1. The second-order valence-corrected chi connectivity index (χ2v) is 5.87. The molecule has 0 bridgehead atoms. The molecule has 108 valence electrons. The number of nitrogens with zero attached hydrogens (tertiary/aromatic N) is 1. The fraction of sp³-hybridized carbons (Fsp3) is 0.267. The van der Waals surface area contributed by atoms with Crippen molar-refractivity contribution in [3.05, 3.63) is 41.4 Å². The Bertz CT molecular complexity index is 669. The highest BCUT2D eigenvalue weighted by molar-refractivity contribution is 7.13. The van der Waals surface area contributed by atoms with Gasteiger partial charge < -0.3 is 10.4 Å². The molecule has 1 heterocycles. The number of nitrogens with one attached hydrogen (secondary N) is 1. The summed E-state index contributed by atoms with van der Waals surface area (Å²) in [5.41, 5.74) is 1.84. The lowest BCUT2D eigenvalue weighted by atomic mass is 10.2. The van der Waals surface area contributed by atoms with Gasteiger partial charge in [-0.2, -0.15) is 0 Å². The number of hydrogen-bond acceptors (Lipinski definition) is 4. The zero-order chi connectivity index (χ0) is 14.8. The monoisotopic (exact) mass is 302 g/mol. The normalized spacial score (nSPS) is 20.0. The van der Waals surface area contributed by atoms with Crippen molar-refractivity contribution in [3.63, 3.8) is 0 Å². The van der Waals surface area contributed by atoms with Gasteiger partial charge in [-0.15, -0.1) is 11.3 Å². The first-order valence-corrected chi connectivity index (χ1v) is 7.53. The highest BCUT2D eigenvalue weighted by Crippen LogP contribution is 2.38. The minimum absolute atomic E-state index is 0.198. The van der Waals surface area contributed by atoms with Crippen LogP contribution in [0.15, 0.2) is 35.7 Å². The summed E-state index contributed by atoms with van der Waals surface area (Å²) in [5, 5.41) is 14.4. The molecule has 1 saturated carbocycles. The maximum atomic E-state index is 11.8. The largest absolute Gasteiger partial charge is 0.481 e. The third-order valence-corrected chi connectivity index (χ3v) is 4.40. The van der Waals surface area contributed by atoms with E-state index in [9.17, 15) is 9.59 Å². The lowest BCUT2D eigenvalue weighted by Crippen LogP contribution is -2.26. The second-order valence-electron chi connectivity index (χ2n) is 5.01. The summed E-state index contributed by atoms with van der Waals surface area (Å²) < 4.78 is 0. The molecule has 0 aliphatic heterocycles. The Hall–Kier alpha value is -2.21. The maximum Gasteiger partial charge on any atom is 0.307 e. The van der Waals surface area contributed by atoms with Gasteiger partial charge in [0, 0.05) is 10.9 Å². The average Bonchev–Trinajstić information content (AvgIpc) is 3.17. The number of hydrogen-bond donors (Lipinski definition) is 2. The van der Waals surface area contributed by atoms with Gasteiger partial charge in [0.25, 0.3) is 0 Å². The first-order valence-electron chi connectivity index (χ1n) is 6.65. The molecule has 1 aliphatic carbocycles. The van der Waals surface area contributed by atoms with E-state index >= 15 is 0 Å². The van der Waals surface area contributed by atoms with Gasteiger partial charge >= 0.3 is 5.97 Å². The van der Waals surface area contributed by atoms with Crippen LogP contribution >= 0.6 is 11.3 Å². The molecule has 2 N–H and O–H groups in total. The van der Waals surface area contributed by atoms with E-state index in [-0.39, 0.29) is 11.8 Å². The third kappa shape index (κ3) is 3.11. The Kier molecular flexibility index (Phi) is 3.70. The van der Waals surface area contributed by atoms with E-state index in [0.717, 1.165) is 16.3 Å². The van der Waals surface area contributed by atoms with E-state index < -0.39 is 11.9 Å². The van der Waals surface area contributed by atoms with E-state index in [1.54, 1.807) is 0 Å². The van der Waals surface area contributed by atoms with E-state index in [4.69, 9.17) is 5.11 Å². The van der Waals surface area contributed by atoms with Crippen molar-refractivity contribution >= 4 is 23.2 Å². The lowest BCUT2D eigenvalue weighted by molar-refractivity contribution is -0.140. The number of carbonyl (C=O) groups is 2. The van der Waals surface area contributed by atoms with Crippen molar-refractivity contribution < 1.29 is 14.7 Å². The number of aromatic nitrogens is 1. The third-order valence-electron chi connectivity index (χ3n) is 3.46. The minimum Gasteiger partial charge on any atom is -0.481 e. The molecule has 0 unspecified atom stereocenters. The number of carbonyl (C=O) groups excluding carboxylic acids is 1. The zero-order valence-electron chi connectivity index (χ0n) is 11.2. The molecule has 3 rings (SSSR count). The summed E-state index contributed by atoms with van der Waals surface area (Å²) in [6.07, 6.45) is 0.438. The predicted octanol–water partition coefficient (Wildman–Crippen LogP) is 2.15. The molecule has 6 heteroatoms. The Morgan fingerprint density at radius 3 is 2.71 bits per heavy atom. The van der Waals surface area contributed by atoms with Crippen molar-refractivity contribution in [2.24, 2.45) is 11.8 Å². The second kappa shape index (κ2) is 5.65. The average molecular weight is 302 g/mol. The van der Waals surface area contributed by atoms with Crippen LogP contribution in [-0.2, 0) is 16.1 Å². The van der Waals surface area contributed by atoms with Crippen molar-refractivity contribution in [3.8, 4) is 10.6 Å². The molecule has 0 spiro atoms. The van der Waals surface area contributed by atoms with Crippen LogP contribution in [0.4, 0.5) is 0 Å². The van der Waals surface area contributed by atoms with Gasteiger partial charge in [0.05, 0.1) is 24.1 Å². The van der Waals surface area contributed by atoms with Crippen molar-refractivity contribution in [1.82, 2.24) is 10.3 Å². The fourth-order valence-corrected chi connectivity index (χ4v) is 2.99. The smallest absolute Gasteiger partial charge is 0.307 e. The van der Waals surface area contributed by atoms with Crippen molar-refractivity contribution in [2.75, 3.05) is 0 Å². The summed E-state index contributed by atoms with van der Waals surface area (Å²) in [6.45, 7) is 0.338. The van der Waals surface area contributed by atoms with Gasteiger partial charge in [0.1, 0.15) is 5.01 Å². The van der Waals surface area contributed by atoms with Crippen LogP contribution < -0.4 is 5.32 Å². The number of rotatable bonds is 5. The molecular formula is C15H14N2O3S. The van der Waals surface area contributed by atoms with Gasteiger partial charge in [0.15, 0.2) is 0 Å². The molecule has 1 amide bonds. The Morgan fingerprint density at radius 2 is 2.05 bits per heavy atom. The van der Waals surface area contributed by atoms with Gasteiger partial charge in [0.2, 0.25) is 5.91 Å². The van der Waals surface area contributed by atoms with E-state index in [1.165, 1.54) is 11.3 Å². The molecular weight excluding hydrogens is 288 g/mol. The Labute approximate surface area is 125 Å². The number of aliphatic carboxylic acids is 1. The quantitative estimate of drug-likeness (QED) is 0.887. The van der Waals surface area contributed by atoms with Crippen LogP contribution in [0, 0.1) is 11.8 Å². The molecule has 2 atom stereocenters. The van der Waals surface area contributed by atoms with E-state index in [0.29, 0.717) is 13.0 Å². The Balaban J connectivity index is 1.56. The summed E-state index contributed by atoms with van der Waals surface area (Å²) in [7, 11) is 0. The van der Waals surface area contributed by atoms with Gasteiger partial charge in [-0.05, 0) is 6.42 Å². The molecule has 5 nitrogen and oxygen atoms in total. The fourth-order valence-electron chi connectivity index (χ4n) is 2.17. The number of carboxylic acid groups (broad SMARTS) is 1. The van der Waals surface area contributed by atoms with Crippen LogP contribution in [-0.4, -0.2) is 22.0 Å². The zero-order valence-corrected chi connectivity index (χ0v) is 12.0. The minimum atomic E-state index is -0.893. The van der Waals surface area contributed by atoms with Crippen molar-refractivity contribution in [1.29, 1.82) is 0 Å². The Morgan fingerprint density at radius 1 is 1.29 bits per heavy atom. The predicted molar refractivity (Wildman–Crippen MR) is 78.6 cm³/mol. The summed E-state index contributed by atoms with van der Waals surface area (Å²) in [5.74, 6) is -1.98. The first-order chi connectivity index (χ1) is 10.1. The molecule has 1 aromatic heterocycles. The molecule has 0 saturated heterocycles. The first kappa shape index (κ1) is 13.8. The van der Waals surface area contributed by atoms with Gasteiger partial charge in [-0.1, -0.05) is 30.3 Å². The number of amides is 1. The highest BCUT2D eigenvalue weighted by atomic mass is 32.1. The van der Waals surface area contributed by atoms with Crippen LogP contribution in [0.2, 0.25) is 0 Å². The summed E-state index contributed by atoms with van der Waals surface area (Å²) >= 11 is 1.53. The maximum absolute atomic E-state index is 11.8. The highest BCUT2D eigenvalue weighted by Gasteiger charge is 2.48. The van der Waals surface area contributed by atoms with Crippen LogP contribution in [0.1, 0.15) is 12.1 Å². The van der Waals surface area contributed by atoms with Gasteiger partial charge in [-0.25, -0.2) is 4.98 Å². The molecule has 21 heavy (non-hydrogen) atoms. The van der Waals surface area contributed by atoms with Crippen LogP contribution in [0.5, 0.6) is 0 Å². The van der Waals surface area contributed by atoms with E-state index in [2.05, 4.69) is 10.3 Å². The SMILES string of the molecule is O=C(O)[C@@H]1C[C@H]1C(=O)NCc1csc(-c2ccccc2)n1. The molecule has 1 aromatic carbocycles. The lowest BCUT2D eigenvalue weighted by Gasteiger charge is -2.01. The van der Waals surface area contributed by atoms with Crippen molar-refractivity contribution in [2.45, 2.75) is 13.0 Å². The molecule has 2 aromatic rings. The topological polar surface area (TPSA) is 79.3 Å². The van der Waals surface area contributed by atoms with Gasteiger partial charge in [-0.3, -0.25) is 9.59 Å². The molecule has 1 aliphatic rings. The van der Waals surface area contributed by atoms with Crippen LogP contribution in [0.25, 0.3) is 10.6 Å². The van der Waals surface area contributed by atoms with Crippen LogP contribution in [0.3, 0.4) is 0 Å². The standard InChI is InChI=1S/C15H14N2O3S/c18-13(11-6-12(11)15(19)20)16-7-10-8-21-14(17-10)9-4-2-1-3-5-9/h1-5,8,11-12H,6-7H2,(H,16,18)(H,19,20)/t11-,12-/m1/s1. The summed E-state index contributed by atoms with van der Waals surface area (Å²) in [6, 6.07) is 9.84. The van der Waals surface area contributed by atoms with E-state index in [1.807, 2.05) is 35.7 Å².